The highest BCUT2D eigenvalue weighted by atomic mass is 32.1. The first-order chi connectivity index (χ1) is 16.5. The molecule has 34 heavy (non-hydrogen) atoms. The van der Waals surface area contributed by atoms with E-state index in [4.69, 9.17) is 9.72 Å². The topological polar surface area (TPSA) is 93.9 Å². The third kappa shape index (κ3) is 3.27. The largest absolute Gasteiger partial charge is 0.494 e. The molecule has 0 amide bonds. The van der Waals surface area contributed by atoms with Gasteiger partial charge in [0, 0.05) is 10.9 Å². The van der Waals surface area contributed by atoms with E-state index < -0.39 is 6.43 Å². The zero-order chi connectivity index (χ0) is 23.4. The molecule has 0 spiro atoms. The van der Waals surface area contributed by atoms with Crippen LogP contribution >= 0.6 is 11.3 Å². The summed E-state index contributed by atoms with van der Waals surface area (Å²) in [6, 6.07) is 11.0. The zero-order valence-electron chi connectivity index (χ0n) is 18.1. The average Bonchev–Trinajstić information content (AvgIpc) is 3.55. The number of alkyl halides is 2. The number of rotatable bonds is 5. The minimum atomic E-state index is -2.63. The average molecular weight is 478 g/mol. The number of benzene rings is 1. The molecule has 0 atom stereocenters. The lowest BCUT2D eigenvalue weighted by atomic mass is 10.1. The summed E-state index contributed by atoms with van der Waals surface area (Å²) in [5.74, 6) is 1.25. The van der Waals surface area contributed by atoms with Crippen molar-refractivity contribution >= 4 is 37.4 Å². The highest BCUT2D eigenvalue weighted by Gasteiger charge is 2.20. The van der Waals surface area contributed by atoms with Crippen molar-refractivity contribution in [1.82, 2.24) is 34.8 Å². The third-order valence-electron chi connectivity index (χ3n) is 5.49. The number of pyridine rings is 1. The lowest BCUT2D eigenvalue weighted by molar-refractivity contribution is 0.146. The Morgan fingerprint density at radius 1 is 1.15 bits per heavy atom. The summed E-state index contributed by atoms with van der Waals surface area (Å²) < 4.78 is 34.3. The molecule has 0 bridgehead atoms. The Hall–Kier alpha value is -3.99. The maximum absolute atomic E-state index is 13.2. The van der Waals surface area contributed by atoms with Crippen LogP contribution in [0.2, 0.25) is 0 Å². The summed E-state index contributed by atoms with van der Waals surface area (Å²) in [6.07, 6.45) is -1.06. The van der Waals surface area contributed by atoms with E-state index in [-0.39, 0.29) is 5.69 Å². The van der Waals surface area contributed by atoms with E-state index in [2.05, 4.69) is 25.3 Å². The number of hydrogen-bond donors (Lipinski definition) is 1. The van der Waals surface area contributed by atoms with Gasteiger partial charge in [-0.2, -0.15) is 5.10 Å². The second-order valence-corrected chi connectivity index (χ2v) is 8.70. The van der Waals surface area contributed by atoms with E-state index in [0.29, 0.717) is 39.7 Å². The van der Waals surface area contributed by atoms with Crippen LogP contribution in [0.5, 0.6) is 5.75 Å². The number of aromatic nitrogens is 7. The Kier molecular flexibility index (Phi) is 4.73. The molecule has 0 saturated carbocycles. The first-order valence-corrected chi connectivity index (χ1v) is 11.4. The number of H-pyrrole nitrogens is 1. The Morgan fingerprint density at radius 3 is 2.74 bits per heavy atom. The molecule has 0 aliphatic carbocycles. The second kappa shape index (κ2) is 7.80. The second-order valence-electron chi connectivity index (χ2n) is 7.70. The predicted molar refractivity (Wildman–Crippen MR) is 125 cm³/mol. The fraction of sp³-hybridized carbons (Fsp3) is 0.174. The Labute approximate surface area is 195 Å². The molecule has 8 nitrogen and oxygen atoms in total. The van der Waals surface area contributed by atoms with Crippen molar-refractivity contribution in [1.29, 1.82) is 0 Å². The lowest BCUT2D eigenvalue weighted by Crippen LogP contribution is -1.92. The summed E-state index contributed by atoms with van der Waals surface area (Å²) >= 11 is 1.28. The highest BCUT2D eigenvalue weighted by molar-refractivity contribution is 7.26. The summed E-state index contributed by atoms with van der Waals surface area (Å²) in [5.41, 5.74) is 4.05. The summed E-state index contributed by atoms with van der Waals surface area (Å²) in [4.78, 5) is 13.9. The Morgan fingerprint density at radius 2 is 1.97 bits per heavy atom. The smallest absolute Gasteiger partial charge is 0.280 e. The van der Waals surface area contributed by atoms with Gasteiger partial charge in [0.2, 0.25) is 0 Å². The fourth-order valence-electron chi connectivity index (χ4n) is 3.93. The van der Waals surface area contributed by atoms with E-state index in [1.807, 2.05) is 37.3 Å². The highest BCUT2D eigenvalue weighted by Crippen LogP contribution is 2.37. The van der Waals surface area contributed by atoms with E-state index in [1.54, 1.807) is 17.8 Å². The number of aromatic amines is 1. The quantitative estimate of drug-likeness (QED) is 0.348. The van der Waals surface area contributed by atoms with Gasteiger partial charge < -0.3 is 4.74 Å². The molecule has 1 N–H and O–H groups in total. The minimum Gasteiger partial charge on any atom is -0.494 e. The predicted octanol–water partition coefficient (Wildman–Crippen LogP) is 5.59. The van der Waals surface area contributed by atoms with Gasteiger partial charge in [-0.1, -0.05) is 0 Å². The number of aryl methyl sites for hydroxylation is 1. The van der Waals surface area contributed by atoms with Crippen LogP contribution in [0.4, 0.5) is 8.78 Å². The van der Waals surface area contributed by atoms with E-state index in [0.717, 1.165) is 27.1 Å². The van der Waals surface area contributed by atoms with Gasteiger partial charge in [0.15, 0.2) is 11.5 Å². The maximum Gasteiger partial charge on any atom is 0.280 e. The first-order valence-electron chi connectivity index (χ1n) is 10.5. The number of fused-ring (bicyclic) bond motifs is 5. The molecule has 1 aromatic carbocycles. The van der Waals surface area contributed by atoms with Crippen LogP contribution in [0.25, 0.3) is 48.9 Å². The fourth-order valence-corrected chi connectivity index (χ4v) is 5.12. The van der Waals surface area contributed by atoms with Crippen LogP contribution in [0.15, 0.2) is 42.7 Å². The van der Waals surface area contributed by atoms with Crippen molar-refractivity contribution < 1.29 is 13.5 Å². The van der Waals surface area contributed by atoms with Gasteiger partial charge in [0.25, 0.3) is 6.43 Å². The molecule has 170 valence electrons. The number of halogens is 2. The lowest BCUT2D eigenvalue weighted by Gasteiger charge is -2.02. The van der Waals surface area contributed by atoms with Crippen molar-refractivity contribution in [2.45, 2.75) is 20.3 Å². The van der Waals surface area contributed by atoms with Gasteiger partial charge in [-0.25, -0.2) is 28.2 Å². The van der Waals surface area contributed by atoms with Crippen molar-refractivity contribution in [2.24, 2.45) is 0 Å². The Bertz CT molecular complexity index is 1670. The summed E-state index contributed by atoms with van der Waals surface area (Å²) in [6.45, 7) is 4.34. The molecule has 6 rings (SSSR count). The number of nitrogens with one attached hydrogen (secondary N) is 1. The molecule has 5 heterocycles. The molecule has 0 aliphatic heterocycles. The normalized spacial score (nSPS) is 11.9. The van der Waals surface area contributed by atoms with Gasteiger partial charge in [-0.05, 0) is 55.8 Å². The number of hydrogen-bond acceptors (Lipinski definition) is 7. The molecule has 5 aromatic heterocycles. The zero-order valence-corrected chi connectivity index (χ0v) is 18.9. The van der Waals surface area contributed by atoms with Crippen LogP contribution < -0.4 is 4.74 Å². The number of ether oxygens (including phenoxy) is 1. The van der Waals surface area contributed by atoms with Gasteiger partial charge in [0.1, 0.15) is 33.0 Å². The van der Waals surface area contributed by atoms with Gasteiger partial charge in [0.05, 0.1) is 17.8 Å². The molecule has 11 heteroatoms. The van der Waals surface area contributed by atoms with Crippen LogP contribution in [0.1, 0.15) is 24.6 Å². The van der Waals surface area contributed by atoms with Crippen molar-refractivity contribution in [3.8, 4) is 28.5 Å². The van der Waals surface area contributed by atoms with Crippen molar-refractivity contribution in [3.63, 3.8) is 0 Å². The third-order valence-corrected chi connectivity index (χ3v) is 6.56. The minimum absolute atomic E-state index is 0.242. The first kappa shape index (κ1) is 20.6. The van der Waals surface area contributed by atoms with Crippen LogP contribution in [0, 0.1) is 6.92 Å². The van der Waals surface area contributed by atoms with Gasteiger partial charge >= 0.3 is 0 Å². The number of nitrogens with zero attached hydrogens (tertiary/aromatic N) is 6. The van der Waals surface area contributed by atoms with Gasteiger partial charge in [-0.3, -0.25) is 5.10 Å². The molecule has 0 radical (unpaired) electrons. The standard InChI is InChI=1S/C23H17F2N7OS/c1-3-33-13-6-4-12(5-7-13)14-9-16(30-29-14)21-28-22-19-18(26-10-32(22)31-21)17-11(2)8-15(20(24)25)27-23(17)34-19/h4-10,20H,3H2,1-2H3,(H,29,30). The monoisotopic (exact) mass is 477 g/mol. The summed E-state index contributed by atoms with van der Waals surface area (Å²) in [5, 5.41) is 12.7. The van der Waals surface area contributed by atoms with Gasteiger partial charge in [-0.15, -0.1) is 16.4 Å². The van der Waals surface area contributed by atoms with Crippen molar-refractivity contribution in [2.75, 3.05) is 6.61 Å². The summed E-state index contributed by atoms with van der Waals surface area (Å²) in [7, 11) is 0. The molecular weight excluding hydrogens is 460 g/mol. The van der Waals surface area contributed by atoms with Crippen LogP contribution in [-0.4, -0.2) is 41.4 Å². The van der Waals surface area contributed by atoms with Crippen LogP contribution in [-0.2, 0) is 0 Å². The number of thiophene rings is 1. The molecular formula is C23H17F2N7OS. The van der Waals surface area contributed by atoms with E-state index >= 15 is 0 Å². The Balaban J connectivity index is 1.43. The molecule has 6 aromatic rings. The maximum atomic E-state index is 13.2. The van der Waals surface area contributed by atoms with E-state index in [9.17, 15) is 8.78 Å². The molecule has 0 saturated heterocycles. The molecule has 0 unspecified atom stereocenters. The SMILES string of the molecule is CCOc1ccc(-c2cc(-c3nc4c5sc6nc(C(F)F)cc(C)c6c5ncn4n3)[nH]n2)cc1. The van der Waals surface area contributed by atoms with Crippen LogP contribution in [0.3, 0.4) is 0 Å². The molecule has 0 fully saturated rings. The van der Waals surface area contributed by atoms with Crippen molar-refractivity contribution in [3.05, 3.63) is 54.0 Å². The molecule has 0 aliphatic rings. The van der Waals surface area contributed by atoms with E-state index in [1.165, 1.54) is 17.4 Å².